The first-order valence-corrected chi connectivity index (χ1v) is 6.47. The van der Waals surface area contributed by atoms with Crippen LogP contribution in [0.4, 0.5) is 0 Å². The lowest BCUT2D eigenvalue weighted by Gasteiger charge is -2.32. The van der Waals surface area contributed by atoms with Gasteiger partial charge in [-0.15, -0.1) is 0 Å². The Morgan fingerprint density at radius 1 is 1.19 bits per heavy atom. The highest BCUT2D eigenvalue weighted by Gasteiger charge is 2.26. The molecule has 0 rings (SSSR count). The van der Waals surface area contributed by atoms with Crippen LogP contribution < -0.4 is 11.1 Å². The molecule has 16 heavy (non-hydrogen) atoms. The van der Waals surface area contributed by atoms with Gasteiger partial charge in [0, 0.05) is 18.0 Å². The molecule has 0 aromatic carbocycles. The highest BCUT2D eigenvalue weighted by molar-refractivity contribution is 5.77. The predicted molar refractivity (Wildman–Crippen MR) is 69.2 cm³/mol. The van der Waals surface area contributed by atoms with Crippen molar-refractivity contribution in [1.29, 1.82) is 0 Å². The summed E-state index contributed by atoms with van der Waals surface area (Å²) in [5, 5.41) is 3.15. The van der Waals surface area contributed by atoms with Gasteiger partial charge in [-0.1, -0.05) is 34.6 Å². The Bertz CT molecular complexity index is 202. The molecule has 0 heterocycles. The smallest absolute Gasteiger partial charge is 0.221 e. The summed E-state index contributed by atoms with van der Waals surface area (Å²) in [6, 6.07) is -0.0386. The molecule has 0 aromatic rings. The summed E-state index contributed by atoms with van der Waals surface area (Å²) in [5.41, 5.74) is 5.87. The second kappa shape index (κ2) is 6.89. The number of amides is 1. The number of nitrogens with two attached hydrogens (primary N) is 1. The van der Waals surface area contributed by atoms with E-state index in [0.29, 0.717) is 12.3 Å². The van der Waals surface area contributed by atoms with Gasteiger partial charge >= 0.3 is 0 Å². The summed E-state index contributed by atoms with van der Waals surface area (Å²) in [6.07, 6.45) is 3.35. The maximum Gasteiger partial charge on any atom is 0.221 e. The first-order valence-electron chi connectivity index (χ1n) is 6.47. The van der Waals surface area contributed by atoms with Crippen LogP contribution in [0.25, 0.3) is 0 Å². The Balaban J connectivity index is 4.31. The van der Waals surface area contributed by atoms with Crippen molar-refractivity contribution in [2.75, 3.05) is 0 Å². The average Bonchev–Trinajstić information content (AvgIpc) is 2.26. The Morgan fingerprint density at radius 3 is 1.94 bits per heavy atom. The molecule has 0 bridgehead atoms. The highest BCUT2D eigenvalue weighted by Crippen LogP contribution is 2.19. The molecule has 0 aliphatic rings. The summed E-state index contributed by atoms with van der Waals surface area (Å²) in [4.78, 5) is 11.9. The molecule has 3 heteroatoms. The van der Waals surface area contributed by atoms with Crippen LogP contribution in [0.15, 0.2) is 0 Å². The number of carbonyl (C=O) groups excluding carboxylic acids is 1. The predicted octanol–water partition coefficient (Wildman–Crippen LogP) is 2.44. The fourth-order valence-electron chi connectivity index (χ4n) is 1.81. The largest absolute Gasteiger partial charge is 0.351 e. The molecule has 0 aromatic heterocycles. The summed E-state index contributed by atoms with van der Waals surface area (Å²) in [7, 11) is 0. The van der Waals surface area contributed by atoms with Crippen molar-refractivity contribution >= 4 is 5.91 Å². The lowest BCUT2D eigenvalue weighted by Crippen LogP contribution is -2.48. The quantitative estimate of drug-likeness (QED) is 0.703. The lowest BCUT2D eigenvalue weighted by atomic mass is 9.89. The monoisotopic (exact) mass is 228 g/mol. The van der Waals surface area contributed by atoms with Crippen molar-refractivity contribution in [3.63, 3.8) is 0 Å². The van der Waals surface area contributed by atoms with Crippen molar-refractivity contribution in [3.8, 4) is 0 Å². The Labute approximate surface area is 100 Å². The molecular formula is C13H28N2O. The molecule has 1 unspecified atom stereocenters. The molecule has 96 valence electrons. The van der Waals surface area contributed by atoms with Crippen molar-refractivity contribution in [3.05, 3.63) is 0 Å². The topological polar surface area (TPSA) is 55.1 Å². The standard InChI is InChI=1S/C13H28N2O/c1-6-13(7-2,8-3)15-12(16)9-11(14)10(4)5/h10-11H,6-9,14H2,1-5H3,(H,15,16). The van der Waals surface area contributed by atoms with Gasteiger partial charge < -0.3 is 11.1 Å². The van der Waals surface area contributed by atoms with Crippen LogP contribution in [0.3, 0.4) is 0 Å². The molecule has 3 N–H and O–H groups in total. The van der Waals surface area contributed by atoms with Crippen molar-refractivity contribution < 1.29 is 4.79 Å². The van der Waals surface area contributed by atoms with Crippen LogP contribution in [0.5, 0.6) is 0 Å². The van der Waals surface area contributed by atoms with E-state index in [0.717, 1.165) is 19.3 Å². The maximum absolute atomic E-state index is 11.9. The molecule has 0 saturated heterocycles. The molecule has 0 radical (unpaired) electrons. The van der Waals surface area contributed by atoms with Crippen molar-refractivity contribution in [2.45, 2.75) is 71.9 Å². The third-order valence-corrected chi connectivity index (χ3v) is 3.71. The molecule has 0 fully saturated rings. The van der Waals surface area contributed by atoms with Crippen LogP contribution in [0.1, 0.15) is 60.3 Å². The van der Waals surface area contributed by atoms with E-state index in [1.165, 1.54) is 0 Å². The molecule has 1 atom stereocenters. The first-order chi connectivity index (χ1) is 7.40. The van der Waals surface area contributed by atoms with E-state index in [-0.39, 0.29) is 17.5 Å². The van der Waals surface area contributed by atoms with Gasteiger partial charge in [-0.3, -0.25) is 4.79 Å². The second-order valence-corrected chi connectivity index (χ2v) is 5.00. The fraction of sp³-hybridized carbons (Fsp3) is 0.923. The van der Waals surface area contributed by atoms with E-state index in [9.17, 15) is 4.79 Å². The van der Waals surface area contributed by atoms with Gasteiger partial charge in [-0.2, -0.15) is 0 Å². The second-order valence-electron chi connectivity index (χ2n) is 5.00. The van der Waals surface area contributed by atoms with E-state index in [1.807, 2.05) is 13.8 Å². The van der Waals surface area contributed by atoms with Gasteiger partial charge in [0.1, 0.15) is 0 Å². The molecule has 0 aliphatic carbocycles. The number of carbonyl (C=O) groups is 1. The zero-order chi connectivity index (χ0) is 12.8. The number of rotatable bonds is 7. The SMILES string of the molecule is CCC(CC)(CC)NC(=O)CC(N)C(C)C. The number of nitrogens with one attached hydrogen (secondary N) is 1. The van der Waals surface area contributed by atoms with Crippen LogP contribution in [0, 0.1) is 5.92 Å². The van der Waals surface area contributed by atoms with Crippen LogP contribution in [-0.2, 0) is 4.79 Å². The van der Waals surface area contributed by atoms with Crippen LogP contribution in [-0.4, -0.2) is 17.5 Å². The molecule has 0 saturated carbocycles. The van der Waals surface area contributed by atoms with Gasteiger partial charge in [0.05, 0.1) is 0 Å². The Hall–Kier alpha value is -0.570. The molecule has 1 amide bonds. The molecule has 0 aliphatic heterocycles. The summed E-state index contributed by atoms with van der Waals surface area (Å²) in [5.74, 6) is 0.441. The summed E-state index contributed by atoms with van der Waals surface area (Å²) in [6.45, 7) is 10.5. The third kappa shape index (κ3) is 4.52. The number of hydrogen-bond acceptors (Lipinski definition) is 2. The van der Waals surface area contributed by atoms with E-state index in [1.54, 1.807) is 0 Å². The van der Waals surface area contributed by atoms with E-state index in [4.69, 9.17) is 5.73 Å². The minimum absolute atomic E-state index is 0.0339. The van der Waals surface area contributed by atoms with E-state index < -0.39 is 0 Å². The first kappa shape index (κ1) is 15.4. The van der Waals surface area contributed by atoms with Gasteiger partial charge in [0.2, 0.25) is 5.91 Å². The van der Waals surface area contributed by atoms with Crippen LogP contribution in [0.2, 0.25) is 0 Å². The van der Waals surface area contributed by atoms with E-state index >= 15 is 0 Å². The Morgan fingerprint density at radius 2 is 1.62 bits per heavy atom. The zero-order valence-corrected chi connectivity index (χ0v) is 11.5. The fourth-order valence-corrected chi connectivity index (χ4v) is 1.81. The molecular weight excluding hydrogens is 200 g/mol. The van der Waals surface area contributed by atoms with Crippen molar-refractivity contribution in [2.24, 2.45) is 11.7 Å². The minimum Gasteiger partial charge on any atom is -0.351 e. The summed E-state index contributed by atoms with van der Waals surface area (Å²) < 4.78 is 0. The summed E-state index contributed by atoms with van der Waals surface area (Å²) >= 11 is 0. The lowest BCUT2D eigenvalue weighted by molar-refractivity contribution is -0.123. The van der Waals surface area contributed by atoms with Crippen LogP contribution >= 0.6 is 0 Å². The molecule has 3 nitrogen and oxygen atoms in total. The minimum atomic E-state index is -0.0386. The highest BCUT2D eigenvalue weighted by atomic mass is 16.1. The maximum atomic E-state index is 11.9. The average molecular weight is 228 g/mol. The van der Waals surface area contributed by atoms with Crippen molar-refractivity contribution in [1.82, 2.24) is 5.32 Å². The third-order valence-electron chi connectivity index (χ3n) is 3.71. The zero-order valence-electron chi connectivity index (χ0n) is 11.5. The van der Waals surface area contributed by atoms with Gasteiger partial charge in [-0.25, -0.2) is 0 Å². The number of hydrogen-bond donors (Lipinski definition) is 2. The van der Waals surface area contributed by atoms with Gasteiger partial charge in [0.15, 0.2) is 0 Å². The van der Waals surface area contributed by atoms with E-state index in [2.05, 4.69) is 26.1 Å². The Kier molecular flexibility index (Phi) is 6.65. The van der Waals surface area contributed by atoms with Gasteiger partial charge in [-0.05, 0) is 25.2 Å². The normalized spacial score (nSPS) is 13.9. The van der Waals surface area contributed by atoms with Gasteiger partial charge in [0.25, 0.3) is 0 Å². The molecule has 0 spiro atoms.